The second-order valence-electron chi connectivity index (χ2n) is 10.2. The predicted molar refractivity (Wildman–Crippen MR) is 125 cm³/mol. The number of hydrogen-bond donors (Lipinski definition) is 3. The monoisotopic (exact) mass is 456 g/mol. The van der Waals surface area contributed by atoms with Crippen LogP contribution in [0, 0.1) is 5.41 Å². The van der Waals surface area contributed by atoms with Crippen LogP contribution in [-0.4, -0.2) is 40.2 Å². The standard InChI is InChI=1S/C27H33ClO4/c28-22-6-5-20(24-15-23(30)26(31)25(16-29)32-24)14-21(22)13-17-1-3-18(4-2-17)19-7-9-27(10-8-19)11-12-27/h1-6,14,19,23-26,29-31H,7-13,15-16H2/t23-,24+,25-,26+/m1/s1. The molecule has 0 unspecified atom stereocenters. The fourth-order valence-corrected chi connectivity index (χ4v) is 5.80. The Hall–Kier alpha value is -1.43. The van der Waals surface area contributed by atoms with E-state index < -0.39 is 18.3 Å². The topological polar surface area (TPSA) is 69.9 Å². The molecule has 4 nitrogen and oxygen atoms in total. The van der Waals surface area contributed by atoms with Gasteiger partial charge >= 0.3 is 0 Å². The first-order valence-electron chi connectivity index (χ1n) is 12.0. The van der Waals surface area contributed by atoms with Gasteiger partial charge in [0.25, 0.3) is 0 Å². The lowest BCUT2D eigenvalue weighted by molar-refractivity contribution is -0.181. The van der Waals surface area contributed by atoms with Crippen LogP contribution >= 0.6 is 11.6 Å². The van der Waals surface area contributed by atoms with Crippen molar-refractivity contribution in [2.45, 2.75) is 81.7 Å². The Morgan fingerprint density at radius 3 is 2.28 bits per heavy atom. The average Bonchev–Trinajstić information content (AvgIpc) is 3.57. The van der Waals surface area contributed by atoms with Gasteiger partial charge in [-0.15, -0.1) is 0 Å². The maximum Gasteiger partial charge on any atom is 0.110 e. The third kappa shape index (κ3) is 4.62. The molecular formula is C27H33ClO4. The van der Waals surface area contributed by atoms with E-state index in [1.807, 2.05) is 18.2 Å². The molecule has 5 rings (SSSR count). The second-order valence-corrected chi connectivity index (χ2v) is 10.6. The predicted octanol–water partition coefficient (Wildman–Crippen LogP) is 4.91. The van der Waals surface area contributed by atoms with Gasteiger partial charge in [-0.05, 0) is 84.6 Å². The highest BCUT2D eigenvalue weighted by Crippen LogP contribution is 2.58. The minimum Gasteiger partial charge on any atom is -0.394 e. The van der Waals surface area contributed by atoms with Gasteiger partial charge in [0.15, 0.2) is 0 Å². The van der Waals surface area contributed by atoms with Gasteiger partial charge in [0, 0.05) is 11.4 Å². The Balaban J connectivity index is 1.27. The molecule has 32 heavy (non-hydrogen) atoms. The van der Waals surface area contributed by atoms with E-state index in [0.717, 1.165) is 23.0 Å². The lowest BCUT2D eigenvalue weighted by Gasteiger charge is -2.36. The lowest BCUT2D eigenvalue weighted by Crippen LogP contribution is -2.47. The third-order valence-corrected chi connectivity index (χ3v) is 8.41. The van der Waals surface area contributed by atoms with Crippen molar-refractivity contribution >= 4 is 11.6 Å². The van der Waals surface area contributed by atoms with E-state index in [-0.39, 0.29) is 19.1 Å². The molecule has 4 atom stereocenters. The summed E-state index contributed by atoms with van der Waals surface area (Å²) in [6.07, 6.45) is 6.19. The Kier molecular flexibility index (Phi) is 6.34. The van der Waals surface area contributed by atoms with Gasteiger partial charge in [-0.3, -0.25) is 0 Å². The summed E-state index contributed by atoms with van der Waals surface area (Å²) in [5.41, 5.74) is 5.32. The summed E-state index contributed by atoms with van der Waals surface area (Å²) in [5.74, 6) is 0.701. The van der Waals surface area contributed by atoms with Crippen molar-refractivity contribution in [1.82, 2.24) is 0 Å². The molecule has 1 aliphatic heterocycles. The number of hydrogen-bond acceptors (Lipinski definition) is 4. The highest BCUT2D eigenvalue weighted by molar-refractivity contribution is 6.31. The SMILES string of the molecule is OC[C@H]1O[C@H](c2ccc(Cl)c(Cc3ccc(C4CCC5(CC4)CC5)cc3)c2)C[C@@H](O)[C@@H]1O. The molecule has 3 fully saturated rings. The molecule has 1 saturated heterocycles. The van der Waals surface area contributed by atoms with Crippen molar-refractivity contribution in [1.29, 1.82) is 0 Å². The van der Waals surface area contributed by atoms with Crippen LogP contribution in [0.1, 0.15) is 79.2 Å². The molecule has 0 bridgehead atoms. The molecule has 3 N–H and O–H groups in total. The molecule has 1 heterocycles. The van der Waals surface area contributed by atoms with Crippen LogP contribution in [0.5, 0.6) is 0 Å². The zero-order chi connectivity index (χ0) is 22.3. The van der Waals surface area contributed by atoms with Gasteiger partial charge in [0.2, 0.25) is 0 Å². The summed E-state index contributed by atoms with van der Waals surface area (Å²) in [6.45, 7) is -0.330. The van der Waals surface area contributed by atoms with E-state index in [0.29, 0.717) is 10.9 Å². The van der Waals surface area contributed by atoms with Gasteiger partial charge in [0.1, 0.15) is 12.2 Å². The van der Waals surface area contributed by atoms with Gasteiger partial charge in [-0.25, -0.2) is 0 Å². The van der Waals surface area contributed by atoms with Gasteiger partial charge in [0.05, 0.1) is 18.8 Å². The van der Waals surface area contributed by atoms with Crippen LogP contribution < -0.4 is 0 Å². The second kappa shape index (κ2) is 9.08. The normalized spacial score (nSPS) is 29.9. The minimum atomic E-state index is -1.07. The molecule has 0 amide bonds. The largest absolute Gasteiger partial charge is 0.394 e. The van der Waals surface area contributed by atoms with Crippen LogP contribution in [-0.2, 0) is 11.2 Å². The zero-order valence-electron chi connectivity index (χ0n) is 18.4. The zero-order valence-corrected chi connectivity index (χ0v) is 19.2. The number of halogens is 1. The molecular weight excluding hydrogens is 424 g/mol. The highest BCUT2D eigenvalue weighted by atomic mass is 35.5. The maximum atomic E-state index is 10.2. The highest BCUT2D eigenvalue weighted by Gasteiger charge is 2.44. The summed E-state index contributed by atoms with van der Waals surface area (Å²) in [6, 6.07) is 14.8. The van der Waals surface area contributed by atoms with Crippen LogP contribution in [0.15, 0.2) is 42.5 Å². The van der Waals surface area contributed by atoms with E-state index in [9.17, 15) is 15.3 Å². The van der Waals surface area contributed by atoms with Crippen molar-refractivity contribution in [2.24, 2.45) is 5.41 Å². The summed E-state index contributed by atoms with van der Waals surface area (Å²) in [4.78, 5) is 0. The Morgan fingerprint density at radius 2 is 1.62 bits per heavy atom. The molecule has 5 heteroatoms. The number of ether oxygens (including phenoxy) is 1. The first-order valence-corrected chi connectivity index (χ1v) is 12.3. The fourth-order valence-electron chi connectivity index (χ4n) is 5.62. The first kappa shape index (κ1) is 22.4. The summed E-state index contributed by atoms with van der Waals surface area (Å²) in [7, 11) is 0. The quantitative estimate of drug-likeness (QED) is 0.597. The smallest absolute Gasteiger partial charge is 0.110 e. The molecule has 0 aromatic heterocycles. The first-order chi connectivity index (χ1) is 15.5. The Morgan fingerprint density at radius 1 is 0.938 bits per heavy atom. The molecule has 2 aromatic carbocycles. The van der Waals surface area contributed by atoms with Crippen LogP contribution in [0.3, 0.4) is 0 Å². The van der Waals surface area contributed by atoms with E-state index in [1.165, 1.54) is 49.7 Å². The fraction of sp³-hybridized carbons (Fsp3) is 0.556. The van der Waals surface area contributed by atoms with Gasteiger partial charge < -0.3 is 20.1 Å². The average molecular weight is 457 g/mol. The van der Waals surface area contributed by atoms with Crippen LogP contribution in [0.25, 0.3) is 0 Å². The van der Waals surface area contributed by atoms with Crippen molar-refractivity contribution in [3.8, 4) is 0 Å². The molecule has 2 saturated carbocycles. The molecule has 0 radical (unpaired) electrons. The lowest BCUT2D eigenvalue weighted by atomic mass is 9.77. The maximum absolute atomic E-state index is 10.2. The molecule has 3 aliphatic rings. The molecule has 2 aliphatic carbocycles. The Labute approximate surface area is 195 Å². The van der Waals surface area contributed by atoms with Crippen LogP contribution in [0.2, 0.25) is 5.02 Å². The van der Waals surface area contributed by atoms with Crippen molar-refractivity contribution in [2.75, 3.05) is 6.61 Å². The van der Waals surface area contributed by atoms with Crippen LogP contribution in [0.4, 0.5) is 0 Å². The number of aliphatic hydroxyl groups is 3. The summed E-state index contributed by atoms with van der Waals surface area (Å²) < 4.78 is 5.85. The molecule has 1 spiro atoms. The molecule has 2 aromatic rings. The van der Waals surface area contributed by atoms with Gasteiger partial charge in [-0.2, -0.15) is 0 Å². The number of rotatable bonds is 5. The van der Waals surface area contributed by atoms with E-state index in [2.05, 4.69) is 24.3 Å². The summed E-state index contributed by atoms with van der Waals surface area (Å²) >= 11 is 6.51. The number of aliphatic hydroxyl groups excluding tert-OH is 3. The van der Waals surface area contributed by atoms with Gasteiger partial charge in [-0.1, -0.05) is 48.0 Å². The van der Waals surface area contributed by atoms with Crippen molar-refractivity contribution in [3.05, 3.63) is 69.7 Å². The minimum absolute atomic E-state index is 0.288. The summed E-state index contributed by atoms with van der Waals surface area (Å²) in [5, 5.41) is 30.3. The van der Waals surface area contributed by atoms with E-state index in [1.54, 1.807) is 0 Å². The van der Waals surface area contributed by atoms with Crippen molar-refractivity contribution in [3.63, 3.8) is 0 Å². The Bertz CT molecular complexity index is 929. The third-order valence-electron chi connectivity index (χ3n) is 8.04. The van der Waals surface area contributed by atoms with E-state index in [4.69, 9.17) is 16.3 Å². The van der Waals surface area contributed by atoms with E-state index >= 15 is 0 Å². The number of benzene rings is 2. The van der Waals surface area contributed by atoms with Crippen molar-refractivity contribution < 1.29 is 20.1 Å². The molecule has 172 valence electrons.